The summed E-state index contributed by atoms with van der Waals surface area (Å²) in [5, 5.41) is 10.1. The van der Waals surface area contributed by atoms with Crippen LogP contribution >= 0.6 is 0 Å². The fourth-order valence-electron chi connectivity index (χ4n) is 9.50. The molecule has 1 aliphatic carbocycles. The second-order valence-corrected chi connectivity index (χ2v) is 15.7. The van der Waals surface area contributed by atoms with Crippen molar-refractivity contribution in [1.29, 1.82) is 0 Å². The Morgan fingerprint density at radius 1 is 0.273 bits per heavy atom. The molecule has 0 unspecified atom stereocenters. The predicted molar refractivity (Wildman–Crippen MR) is 236 cm³/mol. The highest BCUT2D eigenvalue weighted by atomic mass is 14.4. The summed E-state index contributed by atoms with van der Waals surface area (Å²) in [4.78, 5) is 0. The fourth-order valence-corrected chi connectivity index (χ4v) is 9.50. The largest absolute Gasteiger partial charge is 0.0622 e. The Balaban J connectivity index is 1.31. The maximum atomic E-state index is 2.55. The quantitative estimate of drug-likeness (QED) is 0.161. The van der Waals surface area contributed by atoms with Gasteiger partial charge in [-0.15, -0.1) is 0 Å². The lowest BCUT2D eigenvalue weighted by atomic mass is 9.79. The van der Waals surface area contributed by atoms with Gasteiger partial charge in [0.25, 0.3) is 0 Å². The van der Waals surface area contributed by atoms with E-state index < -0.39 is 0 Å². The Labute approximate surface area is 322 Å². The molecular weight excluding hydrogens is 661 g/mol. The molecule has 0 amide bonds. The van der Waals surface area contributed by atoms with Crippen molar-refractivity contribution in [3.05, 3.63) is 205 Å². The van der Waals surface area contributed by atoms with Gasteiger partial charge < -0.3 is 0 Å². The van der Waals surface area contributed by atoms with E-state index >= 15 is 0 Å². The van der Waals surface area contributed by atoms with Crippen molar-refractivity contribution >= 4 is 43.1 Å². The van der Waals surface area contributed by atoms with E-state index in [9.17, 15) is 0 Å². The molecular formula is C55H38. The molecule has 0 aromatic heterocycles. The van der Waals surface area contributed by atoms with Crippen molar-refractivity contribution in [2.45, 2.75) is 19.3 Å². The minimum absolute atomic E-state index is 0.130. The van der Waals surface area contributed by atoms with Gasteiger partial charge in [-0.25, -0.2) is 0 Å². The molecule has 258 valence electrons. The minimum atomic E-state index is -0.130. The van der Waals surface area contributed by atoms with Crippen molar-refractivity contribution in [3.63, 3.8) is 0 Å². The van der Waals surface area contributed by atoms with Crippen molar-refractivity contribution in [2.75, 3.05) is 0 Å². The Morgan fingerprint density at radius 3 is 1.44 bits per heavy atom. The van der Waals surface area contributed by atoms with Crippen molar-refractivity contribution in [1.82, 2.24) is 0 Å². The summed E-state index contributed by atoms with van der Waals surface area (Å²) in [6, 6.07) is 72.4. The van der Waals surface area contributed by atoms with Crippen molar-refractivity contribution in [3.8, 4) is 55.6 Å². The van der Waals surface area contributed by atoms with Crippen LogP contribution < -0.4 is 0 Å². The predicted octanol–water partition coefficient (Wildman–Crippen LogP) is 15.3. The number of hydrogen-bond donors (Lipinski definition) is 0. The molecule has 10 aromatic rings. The van der Waals surface area contributed by atoms with Crippen molar-refractivity contribution < 1.29 is 0 Å². The standard InChI is InChI=1S/C55H38/c1-55(2)51-23-13-12-22-45(51)47-33-49-50(34-52(47)55)54(42-27-25-36-15-7-9-19-39(36)31-42)48-32-40(44-21-11-10-20-43(44)37-16-4-3-5-17-37)28-29-46(48)53(49)41-26-24-35-14-6-8-18-38(35)30-41/h3-34H,1-2H3. The molecule has 0 saturated carbocycles. The van der Waals surface area contributed by atoms with E-state index in [0.717, 1.165) is 0 Å². The zero-order chi connectivity index (χ0) is 36.7. The first kappa shape index (κ1) is 31.7. The van der Waals surface area contributed by atoms with Crippen LogP contribution in [0.5, 0.6) is 0 Å². The summed E-state index contributed by atoms with van der Waals surface area (Å²) in [6.07, 6.45) is 0. The van der Waals surface area contributed by atoms with Gasteiger partial charge in [0, 0.05) is 5.41 Å². The van der Waals surface area contributed by atoms with E-state index in [4.69, 9.17) is 0 Å². The van der Waals surface area contributed by atoms with Gasteiger partial charge in [0.05, 0.1) is 0 Å². The average molecular weight is 699 g/mol. The molecule has 10 aromatic carbocycles. The highest BCUT2D eigenvalue weighted by Crippen LogP contribution is 2.54. The third-order valence-electron chi connectivity index (χ3n) is 12.2. The van der Waals surface area contributed by atoms with Crippen LogP contribution in [0.25, 0.3) is 98.7 Å². The summed E-state index contributed by atoms with van der Waals surface area (Å²) in [5.41, 5.74) is 15.3. The van der Waals surface area contributed by atoms with Gasteiger partial charge in [0.1, 0.15) is 0 Å². The smallest absolute Gasteiger partial charge is 0.0159 e. The molecule has 0 atom stereocenters. The van der Waals surface area contributed by atoms with E-state index in [1.54, 1.807) is 0 Å². The first-order valence-corrected chi connectivity index (χ1v) is 19.3. The van der Waals surface area contributed by atoms with Crippen LogP contribution in [0.1, 0.15) is 25.0 Å². The third kappa shape index (κ3) is 4.92. The van der Waals surface area contributed by atoms with Gasteiger partial charge in [-0.2, -0.15) is 0 Å². The Bertz CT molecular complexity index is 3160. The molecule has 1 aliphatic rings. The number of fused-ring (bicyclic) bond motifs is 7. The van der Waals surface area contributed by atoms with Gasteiger partial charge in [0.15, 0.2) is 0 Å². The van der Waals surface area contributed by atoms with Gasteiger partial charge in [0.2, 0.25) is 0 Å². The normalized spacial score (nSPS) is 13.1. The zero-order valence-corrected chi connectivity index (χ0v) is 31.0. The molecule has 0 fully saturated rings. The molecule has 0 radical (unpaired) electrons. The van der Waals surface area contributed by atoms with Crippen LogP contribution in [0.2, 0.25) is 0 Å². The Kier molecular flexibility index (Phi) is 7.00. The third-order valence-corrected chi connectivity index (χ3v) is 12.2. The monoisotopic (exact) mass is 698 g/mol. The van der Waals surface area contributed by atoms with E-state index in [1.807, 2.05) is 0 Å². The molecule has 0 heteroatoms. The van der Waals surface area contributed by atoms with Gasteiger partial charge in [-0.3, -0.25) is 0 Å². The maximum Gasteiger partial charge on any atom is 0.0159 e. The SMILES string of the molecule is CC1(C)c2ccccc2-c2cc3c(-c4ccc5ccccc5c4)c4ccc(-c5ccccc5-c5ccccc5)cc4c(-c4ccc5ccccc5c4)c3cc21. The van der Waals surface area contributed by atoms with Gasteiger partial charge >= 0.3 is 0 Å². The van der Waals surface area contributed by atoms with E-state index in [2.05, 4.69) is 208 Å². The van der Waals surface area contributed by atoms with Crippen LogP contribution in [-0.2, 0) is 5.41 Å². The van der Waals surface area contributed by atoms with E-state index in [1.165, 1.54) is 110 Å². The molecule has 0 bridgehead atoms. The topological polar surface area (TPSA) is 0 Å². The summed E-state index contributed by atoms with van der Waals surface area (Å²) < 4.78 is 0. The number of rotatable bonds is 4. The Morgan fingerprint density at radius 2 is 0.764 bits per heavy atom. The maximum absolute atomic E-state index is 2.55. The molecule has 0 heterocycles. The summed E-state index contributed by atoms with van der Waals surface area (Å²) in [7, 11) is 0. The lowest BCUT2D eigenvalue weighted by Gasteiger charge is -2.24. The van der Waals surface area contributed by atoms with Crippen LogP contribution in [0.3, 0.4) is 0 Å². The molecule has 0 saturated heterocycles. The van der Waals surface area contributed by atoms with Crippen LogP contribution in [0.15, 0.2) is 194 Å². The first-order chi connectivity index (χ1) is 27.0. The first-order valence-electron chi connectivity index (χ1n) is 19.3. The number of hydrogen-bond acceptors (Lipinski definition) is 0. The van der Waals surface area contributed by atoms with E-state index in [-0.39, 0.29) is 5.41 Å². The van der Waals surface area contributed by atoms with Gasteiger partial charge in [-0.05, 0) is 140 Å². The molecule has 0 spiro atoms. The fraction of sp³-hybridized carbons (Fsp3) is 0.0545. The van der Waals surface area contributed by atoms with E-state index in [0.29, 0.717) is 0 Å². The molecule has 0 nitrogen and oxygen atoms in total. The Hall–Kier alpha value is -6.76. The molecule has 0 N–H and O–H groups in total. The average Bonchev–Trinajstić information content (AvgIpc) is 3.46. The lowest BCUT2D eigenvalue weighted by Crippen LogP contribution is -2.14. The summed E-state index contributed by atoms with van der Waals surface area (Å²) in [5.74, 6) is 0. The molecule has 55 heavy (non-hydrogen) atoms. The lowest BCUT2D eigenvalue weighted by molar-refractivity contribution is 0.661. The second-order valence-electron chi connectivity index (χ2n) is 15.7. The number of benzene rings is 10. The highest BCUT2D eigenvalue weighted by molar-refractivity contribution is 6.23. The summed E-state index contributed by atoms with van der Waals surface area (Å²) in [6.45, 7) is 4.78. The molecule has 0 aliphatic heterocycles. The van der Waals surface area contributed by atoms with Gasteiger partial charge in [-0.1, -0.05) is 178 Å². The highest BCUT2D eigenvalue weighted by Gasteiger charge is 2.36. The molecule has 11 rings (SSSR count). The summed E-state index contributed by atoms with van der Waals surface area (Å²) >= 11 is 0. The minimum Gasteiger partial charge on any atom is -0.0622 e. The zero-order valence-electron chi connectivity index (χ0n) is 31.0. The van der Waals surface area contributed by atoms with Crippen LogP contribution in [-0.4, -0.2) is 0 Å². The van der Waals surface area contributed by atoms with Crippen LogP contribution in [0.4, 0.5) is 0 Å². The second kappa shape index (κ2) is 12.1. The van der Waals surface area contributed by atoms with Crippen LogP contribution in [0, 0.1) is 0 Å². The van der Waals surface area contributed by atoms with Crippen molar-refractivity contribution in [2.24, 2.45) is 0 Å².